The summed E-state index contributed by atoms with van der Waals surface area (Å²) in [5.41, 5.74) is 2.34. The highest BCUT2D eigenvalue weighted by molar-refractivity contribution is 7.09. The molecule has 2 rings (SSSR count). The Bertz CT molecular complexity index is 493. The first kappa shape index (κ1) is 14.0. The lowest BCUT2D eigenvalue weighted by Crippen LogP contribution is -2.13. The number of hydrogen-bond acceptors (Lipinski definition) is 4. The molecule has 2 aromatic rings. The van der Waals surface area contributed by atoms with Crippen LogP contribution in [0.2, 0.25) is 0 Å². The molecule has 0 spiro atoms. The van der Waals surface area contributed by atoms with E-state index in [1.54, 1.807) is 11.3 Å². The summed E-state index contributed by atoms with van der Waals surface area (Å²) in [6.07, 6.45) is 1.16. The normalized spacial score (nSPS) is 10.6. The average molecular weight is 276 g/mol. The van der Waals surface area contributed by atoms with Gasteiger partial charge in [0.15, 0.2) is 0 Å². The highest BCUT2D eigenvalue weighted by Gasteiger charge is 2.00. The lowest BCUT2D eigenvalue weighted by atomic mass is 10.2. The van der Waals surface area contributed by atoms with E-state index in [1.807, 2.05) is 24.4 Å². The van der Waals surface area contributed by atoms with Crippen molar-refractivity contribution < 1.29 is 4.74 Å². The maximum atomic E-state index is 5.71. The van der Waals surface area contributed by atoms with Crippen molar-refractivity contribution in [1.82, 2.24) is 10.3 Å². The third-order valence-corrected chi connectivity index (χ3v) is 3.65. The highest BCUT2D eigenvalue weighted by Crippen LogP contribution is 2.16. The van der Waals surface area contributed by atoms with E-state index in [0.717, 1.165) is 36.0 Å². The predicted octanol–water partition coefficient (Wildman–Crippen LogP) is 3.53. The first-order valence-corrected chi connectivity index (χ1v) is 7.49. The van der Waals surface area contributed by atoms with Gasteiger partial charge in [-0.25, -0.2) is 4.98 Å². The van der Waals surface area contributed by atoms with Crippen LogP contribution >= 0.6 is 11.3 Å². The topological polar surface area (TPSA) is 34.1 Å². The van der Waals surface area contributed by atoms with E-state index in [9.17, 15) is 0 Å². The number of nitrogens with one attached hydrogen (secondary N) is 1. The standard InChI is InChI=1S/C15H20N2OS/c1-3-8-16-9-13-4-6-14(7-5-13)18-10-15-17-12(2)11-19-15/h4-7,11,16H,3,8-10H2,1-2H3. The van der Waals surface area contributed by atoms with Crippen molar-refractivity contribution in [2.75, 3.05) is 6.54 Å². The Labute approximate surface area is 118 Å². The molecular weight excluding hydrogens is 256 g/mol. The Morgan fingerprint density at radius 1 is 1.26 bits per heavy atom. The minimum Gasteiger partial charge on any atom is -0.486 e. The van der Waals surface area contributed by atoms with Crippen LogP contribution in [0.25, 0.3) is 0 Å². The van der Waals surface area contributed by atoms with E-state index in [0.29, 0.717) is 6.61 Å². The molecule has 0 amide bonds. The molecule has 0 saturated heterocycles. The number of benzene rings is 1. The fourth-order valence-corrected chi connectivity index (χ4v) is 2.41. The summed E-state index contributed by atoms with van der Waals surface area (Å²) in [6, 6.07) is 8.24. The molecular formula is C15H20N2OS. The Hall–Kier alpha value is -1.39. The minimum atomic E-state index is 0.548. The van der Waals surface area contributed by atoms with Crippen molar-refractivity contribution in [3.63, 3.8) is 0 Å². The number of hydrogen-bond donors (Lipinski definition) is 1. The van der Waals surface area contributed by atoms with Crippen LogP contribution in [0.1, 0.15) is 29.6 Å². The van der Waals surface area contributed by atoms with Crippen molar-refractivity contribution >= 4 is 11.3 Å². The minimum absolute atomic E-state index is 0.548. The van der Waals surface area contributed by atoms with Crippen molar-refractivity contribution in [3.05, 3.63) is 45.9 Å². The van der Waals surface area contributed by atoms with Crippen molar-refractivity contribution in [1.29, 1.82) is 0 Å². The average Bonchev–Trinajstić information content (AvgIpc) is 2.84. The van der Waals surface area contributed by atoms with Crippen LogP contribution in [0, 0.1) is 6.92 Å². The lowest BCUT2D eigenvalue weighted by molar-refractivity contribution is 0.305. The molecule has 0 bridgehead atoms. The number of aromatic nitrogens is 1. The fourth-order valence-electron chi connectivity index (χ4n) is 1.73. The summed E-state index contributed by atoms with van der Waals surface area (Å²) < 4.78 is 5.71. The van der Waals surface area contributed by atoms with Crippen LogP contribution in [0.3, 0.4) is 0 Å². The van der Waals surface area contributed by atoms with Gasteiger partial charge in [0, 0.05) is 17.6 Å². The number of thiazole rings is 1. The monoisotopic (exact) mass is 276 g/mol. The van der Waals surface area contributed by atoms with E-state index in [2.05, 4.69) is 29.4 Å². The second-order valence-corrected chi connectivity index (χ2v) is 5.43. The smallest absolute Gasteiger partial charge is 0.140 e. The first-order valence-electron chi connectivity index (χ1n) is 6.61. The SMILES string of the molecule is CCCNCc1ccc(OCc2nc(C)cs2)cc1. The van der Waals surface area contributed by atoms with Gasteiger partial charge in [0.2, 0.25) is 0 Å². The second-order valence-electron chi connectivity index (χ2n) is 4.49. The molecule has 0 saturated carbocycles. The maximum absolute atomic E-state index is 5.71. The van der Waals surface area contributed by atoms with E-state index in [4.69, 9.17) is 4.74 Å². The van der Waals surface area contributed by atoms with E-state index >= 15 is 0 Å². The number of nitrogens with zero attached hydrogens (tertiary/aromatic N) is 1. The molecule has 0 fully saturated rings. The summed E-state index contributed by atoms with van der Waals surface area (Å²) in [4.78, 5) is 4.38. The third kappa shape index (κ3) is 4.65. The van der Waals surface area contributed by atoms with Gasteiger partial charge < -0.3 is 10.1 Å². The van der Waals surface area contributed by atoms with Gasteiger partial charge in [-0.3, -0.25) is 0 Å². The van der Waals surface area contributed by atoms with Crippen LogP contribution in [-0.4, -0.2) is 11.5 Å². The summed E-state index contributed by atoms with van der Waals surface area (Å²) in [7, 11) is 0. The molecule has 0 aliphatic heterocycles. The highest BCUT2D eigenvalue weighted by atomic mass is 32.1. The maximum Gasteiger partial charge on any atom is 0.140 e. The molecule has 0 aliphatic rings. The summed E-state index contributed by atoms with van der Waals surface area (Å²) in [5.74, 6) is 0.895. The molecule has 0 unspecified atom stereocenters. The third-order valence-electron chi connectivity index (χ3n) is 2.71. The second kappa shape index (κ2) is 7.26. The number of rotatable bonds is 7. The summed E-state index contributed by atoms with van der Waals surface area (Å²) in [5, 5.41) is 6.44. The van der Waals surface area contributed by atoms with Gasteiger partial charge in [0.1, 0.15) is 17.4 Å². The Balaban J connectivity index is 1.81. The lowest BCUT2D eigenvalue weighted by Gasteiger charge is -2.06. The largest absolute Gasteiger partial charge is 0.486 e. The molecule has 4 heteroatoms. The summed E-state index contributed by atoms with van der Waals surface area (Å²) in [6.45, 7) is 6.69. The zero-order valence-electron chi connectivity index (χ0n) is 11.5. The number of ether oxygens (including phenoxy) is 1. The first-order chi connectivity index (χ1) is 9.28. The van der Waals surface area contributed by atoms with Crippen LogP contribution in [0.4, 0.5) is 0 Å². The molecule has 3 nitrogen and oxygen atoms in total. The molecule has 1 aromatic carbocycles. The molecule has 1 N–H and O–H groups in total. The van der Waals surface area contributed by atoms with Gasteiger partial charge in [-0.05, 0) is 37.6 Å². The van der Waals surface area contributed by atoms with Crippen molar-refractivity contribution in [3.8, 4) is 5.75 Å². The molecule has 1 aromatic heterocycles. The predicted molar refractivity (Wildman–Crippen MR) is 79.6 cm³/mol. The van der Waals surface area contributed by atoms with E-state index in [1.165, 1.54) is 5.56 Å². The van der Waals surface area contributed by atoms with Crippen LogP contribution < -0.4 is 10.1 Å². The molecule has 0 atom stereocenters. The molecule has 0 aliphatic carbocycles. The van der Waals surface area contributed by atoms with Crippen LogP contribution in [-0.2, 0) is 13.2 Å². The van der Waals surface area contributed by atoms with Crippen molar-refractivity contribution in [2.45, 2.75) is 33.4 Å². The van der Waals surface area contributed by atoms with Gasteiger partial charge in [0.05, 0.1) is 0 Å². The van der Waals surface area contributed by atoms with E-state index in [-0.39, 0.29) is 0 Å². The zero-order valence-corrected chi connectivity index (χ0v) is 12.3. The van der Waals surface area contributed by atoms with Gasteiger partial charge in [-0.2, -0.15) is 0 Å². The molecule has 102 valence electrons. The molecule has 1 heterocycles. The zero-order chi connectivity index (χ0) is 13.5. The van der Waals surface area contributed by atoms with Crippen LogP contribution in [0.5, 0.6) is 5.75 Å². The molecule has 0 radical (unpaired) electrons. The Morgan fingerprint density at radius 2 is 2.05 bits per heavy atom. The van der Waals surface area contributed by atoms with Gasteiger partial charge in [0.25, 0.3) is 0 Å². The van der Waals surface area contributed by atoms with Gasteiger partial charge in [-0.1, -0.05) is 19.1 Å². The van der Waals surface area contributed by atoms with E-state index < -0.39 is 0 Å². The fraction of sp³-hybridized carbons (Fsp3) is 0.400. The Morgan fingerprint density at radius 3 is 2.68 bits per heavy atom. The van der Waals surface area contributed by atoms with Gasteiger partial charge >= 0.3 is 0 Å². The number of aryl methyl sites for hydroxylation is 1. The van der Waals surface area contributed by atoms with Gasteiger partial charge in [-0.15, -0.1) is 11.3 Å². The Kier molecular flexibility index (Phi) is 5.36. The molecule has 19 heavy (non-hydrogen) atoms. The van der Waals surface area contributed by atoms with Crippen molar-refractivity contribution in [2.24, 2.45) is 0 Å². The summed E-state index contributed by atoms with van der Waals surface area (Å²) >= 11 is 1.64. The van der Waals surface area contributed by atoms with Crippen LogP contribution in [0.15, 0.2) is 29.6 Å². The quantitative estimate of drug-likeness (QED) is 0.786.